The van der Waals surface area contributed by atoms with Crippen LogP contribution in [0.3, 0.4) is 0 Å². The predicted octanol–water partition coefficient (Wildman–Crippen LogP) is 1.46. The summed E-state index contributed by atoms with van der Waals surface area (Å²) in [7, 11) is 3.93. The fourth-order valence-corrected chi connectivity index (χ4v) is 3.41. The summed E-state index contributed by atoms with van der Waals surface area (Å²) in [5, 5.41) is 11.2. The topological polar surface area (TPSA) is 133 Å². The van der Waals surface area contributed by atoms with E-state index in [2.05, 4.69) is 10.1 Å². The lowest BCUT2D eigenvalue weighted by Gasteiger charge is -2.41. The molecule has 4 amide bonds. The number of carboxylic acids is 1. The van der Waals surface area contributed by atoms with Crippen molar-refractivity contribution < 1.29 is 51.4 Å². The van der Waals surface area contributed by atoms with Crippen LogP contribution in [-0.4, -0.2) is 78.3 Å². The van der Waals surface area contributed by atoms with Crippen molar-refractivity contribution >= 4 is 29.6 Å². The maximum Gasteiger partial charge on any atom is 0.325 e. The molecule has 2 rings (SSSR count). The van der Waals surface area contributed by atoms with Gasteiger partial charge in [-0.25, -0.2) is 13.6 Å². The van der Waals surface area contributed by atoms with Crippen LogP contribution in [0.25, 0.3) is 0 Å². The highest BCUT2D eigenvalue weighted by Crippen LogP contribution is 2.43. The summed E-state index contributed by atoms with van der Waals surface area (Å²) in [6.07, 6.45) is -0.515. The number of imide groups is 1. The second-order valence-electron chi connectivity index (χ2n) is 8.15. The Morgan fingerprint density at radius 3 is 2.03 bits per heavy atom. The van der Waals surface area contributed by atoms with E-state index in [0.29, 0.717) is 6.42 Å². The van der Waals surface area contributed by atoms with E-state index < -0.39 is 83.1 Å². The van der Waals surface area contributed by atoms with E-state index >= 15 is 0 Å². The Balaban J connectivity index is 2.21. The smallest absolute Gasteiger partial charge is 0.325 e. The molecule has 2 N–H and O–H groups in total. The minimum Gasteiger partial charge on any atom is -0.481 e. The van der Waals surface area contributed by atoms with E-state index in [1.165, 1.54) is 14.1 Å². The quantitative estimate of drug-likeness (QED) is 0.295. The second-order valence-corrected chi connectivity index (χ2v) is 8.15. The van der Waals surface area contributed by atoms with Gasteiger partial charge in [-0.3, -0.25) is 24.1 Å². The van der Waals surface area contributed by atoms with Gasteiger partial charge in [0.25, 0.3) is 0 Å². The van der Waals surface area contributed by atoms with Crippen LogP contribution < -0.4 is 10.1 Å². The molecule has 192 valence electrons. The van der Waals surface area contributed by atoms with Crippen molar-refractivity contribution in [1.29, 1.82) is 0 Å². The molecule has 0 radical (unpaired) electrons. The van der Waals surface area contributed by atoms with Gasteiger partial charge in [0.15, 0.2) is 23.2 Å². The number of rotatable bonds is 9. The van der Waals surface area contributed by atoms with Crippen LogP contribution in [0.15, 0.2) is 6.07 Å². The molecule has 35 heavy (non-hydrogen) atoms. The zero-order chi connectivity index (χ0) is 26.7. The number of carboxylic acid groups (broad SMARTS) is 1. The highest BCUT2D eigenvalue weighted by Gasteiger charge is 2.53. The fourth-order valence-electron chi connectivity index (χ4n) is 3.41. The lowest BCUT2D eigenvalue weighted by Crippen LogP contribution is -2.60. The number of nitrogens with zero attached hydrogens (tertiary/aromatic N) is 2. The minimum absolute atomic E-state index is 0.0200. The van der Waals surface area contributed by atoms with Crippen molar-refractivity contribution in [3.05, 3.63) is 29.3 Å². The van der Waals surface area contributed by atoms with Gasteiger partial charge in [-0.15, -0.1) is 0 Å². The third-order valence-electron chi connectivity index (χ3n) is 5.53. The normalized spacial score (nSPS) is 14.8. The summed E-state index contributed by atoms with van der Waals surface area (Å²) >= 11 is 0. The molecule has 14 heteroatoms. The number of ether oxygens (including phenoxy) is 1. The van der Waals surface area contributed by atoms with Gasteiger partial charge >= 0.3 is 12.0 Å². The molecule has 0 aliphatic heterocycles. The number of carbonyl (C=O) groups excluding carboxylic acids is 4. The number of carbonyl (C=O) groups is 5. The average Bonchev–Trinajstić information content (AvgIpc) is 2.74. The molecule has 1 aliphatic rings. The Hall–Kier alpha value is -3.71. The van der Waals surface area contributed by atoms with Gasteiger partial charge in [-0.05, 0) is 12.8 Å². The predicted molar refractivity (Wildman–Crippen MR) is 109 cm³/mol. The number of ketones is 1. The lowest BCUT2D eigenvalue weighted by atomic mass is 9.67. The van der Waals surface area contributed by atoms with Crippen molar-refractivity contribution in [2.45, 2.75) is 31.7 Å². The van der Waals surface area contributed by atoms with Gasteiger partial charge in [-0.1, -0.05) is 6.42 Å². The van der Waals surface area contributed by atoms with Gasteiger partial charge in [0.1, 0.15) is 18.1 Å². The maximum absolute atomic E-state index is 13.8. The number of hydrogen-bond acceptors (Lipinski definition) is 6. The number of Topliss-reactive ketones (excluding diaryl/α,β-unsaturated/α-hetero) is 1. The van der Waals surface area contributed by atoms with E-state index in [1.54, 1.807) is 0 Å². The lowest BCUT2D eigenvalue weighted by molar-refractivity contribution is -0.155. The van der Waals surface area contributed by atoms with Crippen molar-refractivity contribution in [2.24, 2.45) is 5.41 Å². The number of amides is 4. The van der Waals surface area contributed by atoms with Gasteiger partial charge in [0.05, 0.1) is 6.42 Å². The van der Waals surface area contributed by atoms with E-state index in [4.69, 9.17) is 5.11 Å². The van der Waals surface area contributed by atoms with Crippen molar-refractivity contribution in [3.63, 3.8) is 0 Å². The van der Waals surface area contributed by atoms with Crippen LogP contribution in [0.4, 0.5) is 22.4 Å². The Labute approximate surface area is 196 Å². The third-order valence-corrected chi connectivity index (χ3v) is 5.53. The summed E-state index contributed by atoms with van der Waals surface area (Å²) in [4.78, 5) is 63.6. The van der Waals surface area contributed by atoms with Crippen LogP contribution in [0.5, 0.6) is 5.75 Å². The van der Waals surface area contributed by atoms with Gasteiger partial charge in [0.2, 0.25) is 23.4 Å². The highest BCUT2D eigenvalue weighted by molar-refractivity contribution is 6.11. The summed E-state index contributed by atoms with van der Waals surface area (Å²) in [6, 6.07) is -2.60. The summed E-state index contributed by atoms with van der Waals surface area (Å²) in [5.74, 6) is -13.6. The molecular weight excluding hydrogens is 482 g/mol. The van der Waals surface area contributed by atoms with Crippen molar-refractivity contribution in [2.75, 3.05) is 27.7 Å². The number of nitrogens with one attached hydrogen (secondary N) is 1. The highest BCUT2D eigenvalue weighted by atomic mass is 19.2. The standard InChI is InChI=1S/C21H23F4N3O7/c1-27(2)20(34)28(3)19(33)21(5-4-6-21)18(32)26-12(8-14(30)31)13(29)9-35-17-15(24)10(22)7-11(23)16(17)25/h7,12H,4-6,8-9H2,1-3H3,(H,26,32)(H,30,31). The van der Waals surface area contributed by atoms with Crippen LogP contribution in [0.1, 0.15) is 25.7 Å². The number of aliphatic carboxylic acids is 1. The molecule has 1 unspecified atom stereocenters. The molecular formula is C21H23F4N3O7. The Kier molecular flexibility index (Phi) is 8.41. The molecule has 10 nitrogen and oxygen atoms in total. The molecule has 1 aliphatic carbocycles. The summed E-state index contributed by atoms with van der Waals surface area (Å²) in [5.41, 5.74) is -1.73. The third kappa shape index (κ3) is 5.69. The van der Waals surface area contributed by atoms with Crippen LogP contribution in [0.2, 0.25) is 0 Å². The number of halogens is 4. The van der Waals surface area contributed by atoms with E-state index in [-0.39, 0.29) is 18.9 Å². The molecule has 1 saturated carbocycles. The molecule has 0 aromatic heterocycles. The number of hydrogen-bond donors (Lipinski definition) is 2. The van der Waals surface area contributed by atoms with Gasteiger partial charge < -0.3 is 20.1 Å². The fraction of sp³-hybridized carbons (Fsp3) is 0.476. The average molecular weight is 505 g/mol. The van der Waals surface area contributed by atoms with Crippen LogP contribution in [0, 0.1) is 28.7 Å². The number of benzene rings is 1. The Morgan fingerprint density at radius 2 is 1.60 bits per heavy atom. The van der Waals surface area contributed by atoms with E-state index in [1.807, 2.05) is 0 Å². The Morgan fingerprint density at radius 1 is 1.06 bits per heavy atom. The van der Waals surface area contributed by atoms with Gasteiger partial charge in [-0.2, -0.15) is 8.78 Å². The van der Waals surface area contributed by atoms with Crippen molar-refractivity contribution in [1.82, 2.24) is 15.1 Å². The molecule has 0 heterocycles. The zero-order valence-electron chi connectivity index (χ0n) is 19.0. The molecule has 1 aromatic carbocycles. The monoisotopic (exact) mass is 505 g/mol. The first-order valence-electron chi connectivity index (χ1n) is 10.2. The maximum atomic E-state index is 13.8. The molecule has 0 bridgehead atoms. The molecule has 1 aromatic rings. The van der Waals surface area contributed by atoms with E-state index in [0.717, 1.165) is 16.8 Å². The molecule has 0 saturated heterocycles. The first kappa shape index (κ1) is 27.5. The van der Waals surface area contributed by atoms with Crippen LogP contribution >= 0.6 is 0 Å². The SMILES string of the molecule is CN(C)C(=O)N(C)C(=O)C1(C(=O)NC(CC(=O)O)C(=O)COc2c(F)c(F)cc(F)c2F)CCC1. The summed E-state index contributed by atoms with van der Waals surface area (Å²) < 4.78 is 58.7. The second kappa shape index (κ2) is 10.7. The Bertz CT molecular complexity index is 1030. The largest absolute Gasteiger partial charge is 0.481 e. The minimum atomic E-state index is -1.91. The first-order valence-corrected chi connectivity index (χ1v) is 10.2. The molecule has 1 fully saturated rings. The first-order chi connectivity index (χ1) is 16.2. The zero-order valence-corrected chi connectivity index (χ0v) is 19.0. The van der Waals surface area contributed by atoms with Crippen molar-refractivity contribution in [3.8, 4) is 5.75 Å². The summed E-state index contributed by atoms with van der Waals surface area (Å²) in [6.45, 7) is -1.26. The molecule has 1 atom stereocenters. The van der Waals surface area contributed by atoms with E-state index in [9.17, 15) is 41.5 Å². The van der Waals surface area contributed by atoms with Gasteiger partial charge in [0, 0.05) is 27.2 Å². The van der Waals surface area contributed by atoms with Crippen LogP contribution in [-0.2, 0) is 19.2 Å². The number of urea groups is 1. The molecule has 0 spiro atoms.